The van der Waals surface area contributed by atoms with Crippen LogP contribution in [0.1, 0.15) is 17.5 Å². The number of hydrogen-bond acceptors (Lipinski definition) is 4. The van der Waals surface area contributed by atoms with Gasteiger partial charge in [0.15, 0.2) is 11.5 Å². The average Bonchev–Trinajstić information content (AvgIpc) is 2.79. The number of aliphatic hydroxyl groups is 1. The molecule has 0 fully saturated rings. The fourth-order valence-corrected chi connectivity index (χ4v) is 2.37. The summed E-state index contributed by atoms with van der Waals surface area (Å²) in [5.41, 5.74) is 2.95. The molecule has 0 atom stereocenters. The van der Waals surface area contributed by atoms with Crippen LogP contribution in [0.4, 0.5) is 5.69 Å². The van der Waals surface area contributed by atoms with Crippen LogP contribution in [0, 0.1) is 0 Å². The highest BCUT2D eigenvalue weighted by molar-refractivity contribution is 5.51. The Bertz CT molecular complexity index is 613. The lowest BCUT2D eigenvalue weighted by molar-refractivity contribution is 0.282. The molecule has 110 valence electrons. The Labute approximate surface area is 124 Å². The first-order valence-corrected chi connectivity index (χ1v) is 7.18. The Morgan fingerprint density at radius 2 is 1.90 bits per heavy atom. The Hall–Kier alpha value is -2.20. The Balaban J connectivity index is 1.76. The molecule has 1 aliphatic rings. The maximum absolute atomic E-state index is 9.17. The smallest absolute Gasteiger partial charge is 0.166 e. The molecular weight excluding hydrogens is 266 g/mol. The second-order valence-corrected chi connectivity index (χ2v) is 5.01. The van der Waals surface area contributed by atoms with Crippen LogP contribution >= 0.6 is 0 Å². The lowest BCUT2D eigenvalue weighted by Gasteiger charge is -2.14. The van der Waals surface area contributed by atoms with Gasteiger partial charge in [-0.25, -0.2) is 0 Å². The molecule has 0 aliphatic carbocycles. The minimum atomic E-state index is 0.0488. The van der Waals surface area contributed by atoms with Gasteiger partial charge >= 0.3 is 0 Å². The lowest BCUT2D eigenvalue weighted by Crippen LogP contribution is -2.04. The Kier molecular flexibility index (Phi) is 4.26. The molecule has 2 N–H and O–H groups in total. The monoisotopic (exact) mass is 285 g/mol. The van der Waals surface area contributed by atoms with Crippen molar-refractivity contribution < 1.29 is 14.6 Å². The molecular formula is C17H19NO3. The van der Waals surface area contributed by atoms with E-state index in [0.29, 0.717) is 19.8 Å². The topological polar surface area (TPSA) is 50.7 Å². The van der Waals surface area contributed by atoms with Gasteiger partial charge < -0.3 is 19.9 Å². The lowest BCUT2D eigenvalue weighted by atomic mass is 10.1. The summed E-state index contributed by atoms with van der Waals surface area (Å²) in [6, 6.07) is 13.7. The first kappa shape index (κ1) is 13.8. The van der Waals surface area contributed by atoms with Crippen LogP contribution in [0.15, 0.2) is 42.5 Å². The predicted octanol–water partition coefficient (Wildman–Crippen LogP) is 2.95. The quantitative estimate of drug-likeness (QED) is 0.907. The highest BCUT2D eigenvalue weighted by Crippen LogP contribution is 2.33. The van der Waals surface area contributed by atoms with Crippen molar-refractivity contribution >= 4 is 5.69 Å². The number of benzene rings is 2. The first-order valence-electron chi connectivity index (χ1n) is 7.18. The van der Waals surface area contributed by atoms with E-state index in [1.807, 2.05) is 42.5 Å². The van der Waals surface area contributed by atoms with Crippen molar-refractivity contribution in [1.82, 2.24) is 0 Å². The zero-order chi connectivity index (χ0) is 14.5. The van der Waals surface area contributed by atoms with Crippen LogP contribution < -0.4 is 14.8 Å². The molecule has 0 aromatic heterocycles. The van der Waals surface area contributed by atoms with Crippen molar-refractivity contribution in [1.29, 1.82) is 0 Å². The van der Waals surface area contributed by atoms with E-state index >= 15 is 0 Å². The van der Waals surface area contributed by atoms with E-state index in [9.17, 15) is 5.11 Å². The van der Waals surface area contributed by atoms with Crippen molar-refractivity contribution in [2.75, 3.05) is 18.5 Å². The number of para-hydroxylation sites is 1. The SMILES string of the molecule is OCc1cccc(NCc2cccc3c2OCCCO3)c1. The molecule has 0 saturated carbocycles. The van der Waals surface area contributed by atoms with E-state index in [0.717, 1.165) is 34.7 Å². The number of anilines is 1. The van der Waals surface area contributed by atoms with Crippen LogP contribution in [-0.2, 0) is 13.2 Å². The maximum Gasteiger partial charge on any atom is 0.166 e. The number of aliphatic hydroxyl groups excluding tert-OH is 1. The van der Waals surface area contributed by atoms with E-state index in [-0.39, 0.29) is 6.61 Å². The van der Waals surface area contributed by atoms with Crippen molar-refractivity contribution in [2.45, 2.75) is 19.6 Å². The number of ether oxygens (including phenoxy) is 2. The van der Waals surface area contributed by atoms with Crippen LogP contribution in [-0.4, -0.2) is 18.3 Å². The van der Waals surface area contributed by atoms with Gasteiger partial charge in [-0.05, 0) is 23.8 Å². The number of nitrogens with one attached hydrogen (secondary N) is 1. The average molecular weight is 285 g/mol. The summed E-state index contributed by atoms with van der Waals surface area (Å²) in [7, 11) is 0. The van der Waals surface area contributed by atoms with Gasteiger partial charge in [0.25, 0.3) is 0 Å². The van der Waals surface area contributed by atoms with Crippen LogP contribution in [0.5, 0.6) is 11.5 Å². The van der Waals surface area contributed by atoms with Gasteiger partial charge in [-0.15, -0.1) is 0 Å². The minimum absolute atomic E-state index is 0.0488. The molecule has 0 saturated heterocycles. The molecule has 0 spiro atoms. The molecule has 2 aromatic rings. The van der Waals surface area contributed by atoms with Crippen molar-refractivity contribution in [3.63, 3.8) is 0 Å². The van der Waals surface area contributed by atoms with E-state index in [4.69, 9.17) is 9.47 Å². The molecule has 0 radical (unpaired) electrons. The van der Waals surface area contributed by atoms with Crippen LogP contribution in [0.25, 0.3) is 0 Å². The fraction of sp³-hybridized carbons (Fsp3) is 0.294. The first-order chi connectivity index (χ1) is 10.4. The molecule has 2 aromatic carbocycles. The highest BCUT2D eigenvalue weighted by Gasteiger charge is 2.14. The van der Waals surface area contributed by atoms with Gasteiger partial charge in [0.1, 0.15) is 0 Å². The van der Waals surface area contributed by atoms with E-state index < -0.39 is 0 Å². The molecule has 0 bridgehead atoms. The van der Waals surface area contributed by atoms with Gasteiger partial charge in [0.2, 0.25) is 0 Å². The van der Waals surface area contributed by atoms with Gasteiger partial charge in [-0.1, -0.05) is 24.3 Å². The zero-order valence-electron chi connectivity index (χ0n) is 11.8. The molecule has 0 amide bonds. The normalized spacial score (nSPS) is 13.6. The van der Waals surface area contributed by atoms with E-state index in [1.165, 1.54) is 0 Å². The van der Waals surface area contributed by atoms with Gasteiger partial charge in [0, 0.05) is 24.2 Å². The Morgan fingerprint density at radius 3 is 2.81 bits per heavy atom. The highest BCUT2D eigenvalue weighted by atomic mass is 16.5. The molecule has 1 heterocycles. The summed E-state index contributed by atoms with van der Waals surface area (Å²) in [6.07, 6.45) is 0.903. The summed E-state index contributed by atoms with van der Waals surface area (Å²) in [5.74, 6) is 1.65. The van der Waals surface area contributed by atoms with Crippen molar-refractivity contribution in [3.05, 3.63) is 53.6 Å². The standard InChI is InChI=1S/C17H19NO3/c19-12-13-4-1-6-15(10-13)18-11-14-5-2-7-16-17(14)21-9-3-8-20-16/h1-2,4-7,10,18-19H,3,8-9,11-12H2. The maximum atomic E-state index is 9.17. The molecule has 3 rings (SSSR count). The number of hydrogen-bond donors (Lipinski definition) is 2. The summed E-state index contributed by atoms with van der Waals surface area (Å²) in [5, 5.41) is 12.5. The summed E-state index contributed by atoms with van der Waals surface area (Å²) in [6.45, 7) is 2.08. The second-order valence-electron chi connectivity index (χ2n) is 5.01. The summed E-state index contributed by atoms with van der Waals surface area (Å²) in [4.78, 5) is 0. The third kappa shape index (κ3) is 3.28. The Morgan fingerprint density at radius 1 is 1.05 bits per heavy atom. The summed E-state index contributed by atoms with van der Waals surface area (Å²) >= 11 is 0. The number of fused-ring (bicyclic) bond motifs is 1. The number of rotatable bonds is 4. The molecule has 4 heteroatoms. The third-order valence-corrected chi connectivity index (χ3v) is 3.45. The van der Waals surface area contributed by atoms with E-state index in [2.05, 4.69) is 5.32 Å². The van der Waals surface area contributed by atoms with E-state index in [1.54, 1.807) is 0 Å². The van der Waals surface area contributed by atoms with Crippen molar-refractivity contribution in [3.8, 4) is 11.5 Å². The van der Waals surface area contributed by atoms with Crippen molar-refractivity contribution in [2.24, 2.45) is 0 Å². The van der Waals surface area contributed by atoms with Crippen LogP contribution in [0.3, 0.4) is 0 Å². The molecule has 4 nitrogen and oxygen atoms in total. The second kappa shape index (κ2) is 6.50. The molecule has 1 aliphatic heterocycles. The fourth-order valence-electron chi connectivity index (χ4n) is 2.37. The van der Waals surface area contributed by atoms with Gasteiger partial charge in [-0.3, -0.25) is 0 Å². The summed E-state index contributed by atoms with van der Waals surface area (Å²) < 4.78 is 11.5. The van der Waals surface area contributed by atoms with Gasteiger partial charge in [-0.2, -0.15) is 0 Å². The third-order valence-electron chi connectivity index (χ3n) is 3.45. The largest absolute Gasteiger partial charge is 0.490 e. The molecule has 0 unspecified atom stereocenters. The van der Waals surface area contributed by atoms with Gasteiger partial charge in [0.05, 0.1) is 19.8 Å². The van der Waals surface area contributed by atoms with Crippen LogP contribution in [0.2, 0.25) is 0 Å². The minimum Gasteiger partial charge on any atom is -0.490 e. The predicted molar refractivity (Wildman–Crippen MR) is 81.7 cm³/mol. The zero-order valence-corrected chi connectivity index (χ0v) is 11.8. The molecule has 21 heavy (non-hydrogen) atoms.